The van der Waals surface area contributed by atoms with Crippen molar-refractivity contribution in [1.82, 2.24) is 15.1 Å². The van der Waals surface area contributed by atoms with Gasteiger partial charge >= 0.3 is 0 Å². The molecule has 7 nitrogen and oxygen atoms in total. The Morgan fingerprint density at radius 2 is 2.12 bits per heavy atom. The molecule has 0 spiro atoms. The van der Waals surface area contributed by atoms with E-state index in [0.717, 1.165) is 30.6 Å². The lowest BCUT2D eigenvalue weighted by Crippen LogP contribution is -2.43. The Kier molecular flexibility index (Phi) is 4.58. The highest BCUT2D eigenvalue weighted by Crippen LogP contribution is 2.34. The number of carbonyl (C=O) groups is 2. The van der Waals surface area contributed by atoms with Crippen LogP contribution in [0, 0.1) is 5.92 Å². The van der Waals surface area contributed by atoms with Crippen LogP contribution in [0.1, 0.15) is 25.7 Å². The van der Waals surface area contributed by atoms with Crippen molar-refractivity contribution in [1.29, 1.82) is 0 Å². The second kappa shape index (κ2) is 7.03. The summed E-state index contributed by atoms with van der Waals surface area (Å²) in [5.41, 5.74) is 0.883. The Labute approximate surface area is 155 Å². The molecule has 1 aliphatic carbocycles. The number of carbonyl (C=O) groups excluding carboxylic acids is 2. The van der Waals surface area contributed by atoms with E-state index in [2.05, 4.69) is 15.5 Å². The van der Waals surface area contributed by atoms with Gasteiger partial charge in [0.2, 0.25) is 16.9 Å². The van der Waals surface area contributed by atoms with Crippen molar-refractivity contribution in [3.63, 3.8) is 0 Å². The predicted octanol–water partition coefficient (Wildman–Crippen LogP) is 2.55. The number of amides is 2. The van der Waals surface area contributed by atoms with Gasteiger partial charge in [-0.1, -0.05) is 23.5 Å². The maximum Gasteiger partial charge on any atom is 0.249 e. The summed E-state index contributed by atoms with van der Waals surface area (Å²) in [5.74, 6) is 0.815. The van der Waals surface area contributed by atoms with Crippen LogP contribution in [0.25, 0.3) is 10.6 Å². The first kappa shape index (κ1) is 17.0. The predicted molar refractivity (Wildman–Crippen MR) is 98.0 cm³/mol. The zero-order valence-electron chi connectivity index (χ0n) is 14.5. The van der Waals surface area contributed by atoms with E-state index in [-0.39, 0.29) is 17.7 Å². The third-order valence-electron chi connectivity index (χ3n) is 4.74. The molecule has 1 saturated carbocycles. The molecule has 1 unspecified atom stereocenters. The molecule has 2 heterocycles. The highest BCUT2D eigenvalue weighted by Gasteiger charge is 2.41. The van der Waals surface area contributed by atoms with Crippen molar-refractivity contribution in [2.75, 3.05) is 19.0 Å². The van der Waals surface area contributed by atoms with Gasteiger partial charge in [-0.2, -0.15) is 0 Å². The first-order valence-electron chi connectivity index (χ1n) is 8.75. The molecule has 2 aromatic rings. The quantitative estimate of drug-likeness (QED) is 0.872. The summed E-state index contributed by atoms with van der Waals surface area (Å²) in [5, 5.41) is 12.2. The number of rotatable bonds is 5. The van der Waals surface area contributed by atoms with Gasteiger partial charge in [-0.05, 0) is 37.8 Å². The van der Waals surface area contributed by atoms with E-state index in [1.807, 2.05) is 24.3 Å². The van der Waals surface area contributed by atoms with Gasteiger partial charge < -0.3 is 9.64 Å². The van der Waals surface area contributed by atoms with Gasteiger partial charge in [-0.25, -0.2) is 0 Å². The molecule has 2 amide bonds. The molecule has 1 saturated heterocycles. The monoisotopic (exact) mass is 372 g/mol. The Balaban J connectivity index is 1.44. The zero-order chi connectivity index (χ0) is 18.1. The van der Waals surface area contributed by atoms with Crippen LogP contribution in [0.3, 0.4) is 0 Å². The van der Waals surface area contributed by atoms with E-state index in [0.29, 0.717) is 23.1 Å². The van der Waals surface area contributed by atoms with Crippen molar-refractivity contribution in [3.8, 4) is 16.3 Å². The average molecular weight is 372 g/mol. The van der Waals surface area contributed by atoms with Gasteiger partial charge in [0.1, 0.15) is 16.8 Å². The molecule has 8 heteroatoms. The minimum Gasteiger partial charge on any atom is -0.497 e. The molecule has 1 aliphatic heterocycles. The second-order valence-corrected chi connectivity index (χ2v) is 7.58. The topological polar surface area (TPSA) is 84.4 Å². The minimum atomic E-state index is -0.396. The van der Waals surface area contributed by atoms with Crippen LogP contribution in [-0.4, -0.2) is 46.6 Å². The van der Waals surface area contributed by atoms with Crippen LogP contribution in [-0.2, 0) is 9.59 Å². The number of ether oxygens (including phenoxy) is 1. The molecule has 1 atom stereocenters. The molecule has 2 aliphatic rings. The van der Waals surface area contributed by atoms with Crippen molar-refractivity contribution >= 4 is 28.3 Å². The minimum absolute atomic E-state index is 0.122. The van der Waals surface area contributed by atoms with Gasteiger partial charge in [-0.3, -0.25) is 14.9 Å². The van der Waals surface area contributed by atoms with Crippen molar-refractivity contribution < 1.29 is 14.3 Å². The molecule has 2 fully saturated rings. The normalized spacial score (nSPS) is 19.4. The lowest BCUT2D eigenvalue weighted by atomic mass is 10.2. The Morgan fingerprint density at radius 1 is 1.27 bits per heavy atom. The summed E-state index contributed by atoms with van der Waals surface area (Å²) in [6.07, 6.45) is 3.46. The third kappa shape index (κ3) is 3.41. The number of methoxy groups -OCH3 is 1. The number of anilines is 1. The second-order valence-electron chi connectivity index (χ2n) is 6.60. The standard InChI is InChI=1S/C18H20N4O3S/c1-25-13-5-2-4-12(10-13)16-20-21-18(26-16)19-15(23)14-6-3-9-22(14)17(24)11-7-8-11/h2,4-5,10-11,14H,3,6-9H2,1H3,(H,19,21,23). The van der Waals surface area contributed by atoms with E-state index < -0.39 is 6.04 Å². The van der Waals surface area contributed by atoms with Crippen molar-refractivity contribution in [2.45, 2.75) is 31.7 Å². The molecular formula is C18H20N4O3S. The summed E-state index contributed by atoms with van der Waals surface area (Å²) < 4.78 is 5.22. The molecular weight excluding hydrogens is 352 g/mol. The zero-order valence-corrected chi connectivity index (χ0v) is 15.3. The lowest BCUT2D eigenvalue weighted by molar-refractivity contribution is -0.137. The number of aromatic nitrogens is 2. The van der Waals surface area contributed by atoms with Crippen LogP contribution in [0.4, 0.5) is 5.13 Å². The Bertz CT molecular complexity index is 833. The smallest absolute Gasteiger partial charge is 0.249 e. The first-order chi connectivity index (χ1) is 12.7. The first-order valence-corrected chi connectivity index (χ1v) is 9.56. The van der Waals surface area contributed by atoms with Gasteiger partial charge in [0, 0.05) is 18.0 Å². The van der Waals surface area contributed by atoms with Gasteiger partial charge in [-0.15, -0.1) is 10.2 Å². The Hall–Kier alpha value is -2.48. The number of likely N-dealkylation sites (tertiary alicyclic amines) is 1. The third-order valence-corrected chi connectivity index (χ3v) is 5.62. The molecule has 1 aromatic carbocycles. The molecule has 0 bridgehead atoms. The fraction of sp³-hybridized carbons (Fsp3) is 0.444. The number of benzene rings is 1. The van der Waals surface area contributed by atoms with E-state index >= 15 is 0 Å². The van der Waals surface area contributed by atoms with Gasteiger partial charge in [0.25, 0.3) is 0 Å². The number of nitrogens with zero attached hydrogens (tertiary/aromatic N) is 3. The van der Waals surface area contributed by atoms with E-state index in [9.17, 15) is 9.59 Å². The van der Waals surface area contributed by atoms with Gasteiger partial charge in [0.15, 0.2) is 0 Å². The maximum absolute atomic E-state index is 12.6. The highest BCUT2D eigenvalue weighted by molar-refractivity contribution is 7.18. The van der Waals surface area contributed by atoms with Crippen LogP contribution >= 0.6 is 11.3 Å². The molecule has 26 heavy (non-hydrogen) atoms. The SMILES string of the molecule is COc1cccc(-c2nnc(NC(=O)C3CCCN3C(=O)C3CC3)s2)c1. The van der Waals surface area contributed by atoms with E-state index in [4.69, 9.17) is 4.74 Å². The summed E-state index contributed by atoms with van der Waals surface area (Å²) in [6.45, 7) is 0.665. The molecule has 4 rings (SSSR count). The van der Waals surface area contributed by atoms with Crippen LogP contribution in [0.15, 0.2) is 24.3 Å². The Morgan fingerprint density at radius 3 is 2.88 bits per heavy atom. The number of nitrogens with one attached hydrogen (secondary N) is 1. The van der Waals surface area contributed by atoms with Crippen molar-refractivity contribution in [2.24, 2.45) is 5.92 Å². The summed E-state index contributed by atoms with van der Waals surface area (Å²) in [7, 11) is 1.61. The van der Waals surface area contributed by atoms with Gasteiger partial charge in [0.05, 0.1) is 7.11 Å². The fourth-order valence-corrected chi connectivity index (χ4v) is 3.95. The van der Waals surface area contributed by atoms with Crippen LogP contribution in [0.2, 0.25) is 0 Å². The highest BCUT2D eigenvalue weighted by atomic mass is 32.1. The summed E-state index contributed by atoms with van der Waals surface area (Å²) >= 11 is 1.31. The van der Waals surface area contributed by atoms with Crippen LogP contribution < -0.4 is 10.1 Å². The fourth-order valence-electron chi connectivity index (χ4n) is 3.20. The maximum atomic E-state index is 12.6. The summed E-state index contributed by atoms with van der Waals surface area (Å²) in [6, 6.07) is 7.14. The molecule has 1 N–H and O–H groups in total. The number of hydrogen-bond acceptors (Lipinski definition) is 6. The molecule has 1 aromatic heterocycles. The molecule has 0 radical (unpaired) electrons. The van der Waals surface area contributed by atoms with E-state index in [1.54, 1.807) is 12.0 Å². The average Bonchev–Trinajstić information content (AvgIpc) is 3.21. The van der Waals surface area contributed by atoms with Crippen LogP contribution in [0.5, 0.6) is 5.75 Å². The number of hydrogen-bond donors (Lipinski definition) is 1. The lowest BCUT2D eigenvalue weighted by Gasteiger charge is -2.23. The van der Waals surface area contributed by atoms with E-state index in [1.165, 1.54) is 11.3 Å². The van der Waals surface area contributed by atoms with Crippen molar-refractivity contribution in [3.05, 3.63) is 24.3 Å². The molecule has 136 valence electrons. The largest absolute Gasteiger partial charge is 0.497 e. The summed E-state index contributed by atoms with van der Waals surface area (Å²) in [4.78, 5) is 26.7.